The van der Waals surface area contributed by atoms with Crippen LogP contribution in [0.5, 0.6) is 0 Å². The van der Waals surface area contributed by atoms with Crippen LogP contribution in [0.2, 0.25) is 0 Å². The third-order valence-corrected chi connectivity index (χ3v) is 6.38. The van der Waals surface area contributed by atoms with Gasteiger partial charge in [0.2, 0.25) is 0 Å². The number of aliphatic carboxylic acids is 1. The smallest absolute Gasteiger partial charge is 0.334 e. The molecule has 2 unspecified atom stereocenters. The molecule has 2 aromatic rings. The molecule has 3 rings (SSSR count). The van der Waals surface area contributed by atoms with Crippen LogP contribution in [0.25, 0.3) is 0 Å². The van der Waals surface area contributed by atoms with Gasteiger partial charge in [-0.05, 0) is 38.4 Å². The van der Waals surface area contributed by atoms with Gasteiger partial charge in [0, 0.05) is 36.8 Å². The van der Waals surface area contributed by atoms with Gasteiger partial charge >= 0.3 is 11.9 Å². The summed E-state index contributed by atoms with van der Waals surface area (Å²) in [4.78, 5) is 25.3. The lowest BCUT2D eigenvalue weighted by atomic mass is 9.70. The van der Waals surface area contributed by atoms with E-state index in [1.165, 1.54) is 25.3 Å². The van der Waals surface area contributed by atoms with Crippen molar-refractivity contribution in [2.75, 3.05) is 20.7 Å². The van der Waals surface area contributed by atoms with Gasteiger partial charge in [-0.25, -0.2) is 9.90 Å². The molecule has 0 fully saturated rings. The van der Waals surface area contributed by atoms with E-state index >= 15 is 0 Å². The molecule has 1 aliphatic rings. The van der Waals surface area contributed by atoms with Crippen molar-refractivity contribution >= 4 is 11.7 Å². The van der Waals surface area contributed by atoms with E-state index in [2.05, 4.69) is 10.2 Å². The number of rotatable bonds is 9. The molecule has 1 radical (unpaired) electrons. The monoisotopic (exact) mass is 480 g/mol. The fourth-order valence-electron chi connectivity index (χ4n) is 4.70. The Morgan fingerprint density at radius 1 is 1.23 bits per heavy atom. The quantitative estimate of drug-likeness (QED) is 0.313. The third kappa shape index (κ3) is 5.63. The summed E-state index contributed by atoms with van der Waals surface area (Å²) in [5.74, 6) is -2.88. The molecule has 0 saturated carbocycles. The minimum atomic E-state index is -1.21. The van der Waals surface area contributed by atoms with Crippen molar-refractivity contribution in [1.29, 1.82) is 0 Å². The number of nitrogens with zero attached hydrogens (tertiary/aromatic N) is 2. The molecule has 35 heavy (non-hydrogen) atoms. The van der Waals surface area contributed by atoms with Crippen LogP contribution in [0.15, 0.2) is 77.4 Å². The summed E-state index contributed by atoms with van der Waals surface area (Å²) >= 11 is 0. The van der Waals surface area contributed by atoms with Crippen molar-refractivity contribution in [2.24, 2.45) is 0 Å². The van der Waals surface area contributed by atoms with Crippen LogP contribution >= 0.6 is 0 Å². The molecule has 1 heterocycles. The first-order chi connectivity index (χ1) is 16.6. The minimum Gasteiger partial charge on any atom is -0.478 e. The van der Waals surface area contributed by atoms with Gasteiger partial charge in [0.1, 0.15) is 0 Å². The van der Waals surface area contributed by atoms with Crippen molar-refractivity contribution in [3.63, 3.8) is 0 Å². The Hall–Kier alpha value is -3.85. The second kappa shape index (κ2) is 10.6. The Kier molecular flexibility index (Phi) is 7.81. The fraction of sp³-hybridized carbons (Fsp3) is 0.346. The molecule has 0 saturated heterocycles. The van der Waals surface area contributed by atoms with E-state index in [0.717, 1.165) is 5.56 Å². The predicted molar refractivity (Wildman–Crippen MR) is 130 cm³/mol. The van der Waals surface area contributed by atoms with E-state index in [1.807, 2.05) is 44.3 Å². The van der Waals surface area contributed by atoms with Gasteiger partial charge in [0.15, 0.2) is 0 Å². The number of benzene rings is 2. The molecule has 2 aromatic carbocycles. The number of nitro groups is 1. The molecule has 0 aromatic heterocycles. The number of nitro benzene ring substituents is 1. The summed E-state index contributed by atoms with van der Waals surface area (Å²) in [7, 11) is 3.22. The molecular weight excluding hydrogens is 450 g/mol. The maximum atomic E-state index is 13.1. The summed E-state index contributed by atoms with van der Waals surface area (Å²) in [5, 5.41) is 37.8. The summed E-state index contributed by atoms with van der Waals surface area (Å²) in [6.07, 6.45) is 0.469. The molecule has 2 N–H and O–H groups in total. The van der Waals surface area contributed by atoms with Crippen molar-refractivity contribution in [1.82, 2.24) is 10.2 Å². The van der Waals surface area contributed by atoms with Gasteiger partial charge in [0.05, 0.1) is 28.7 Å². The summed E-state index contributed by atoms with van der Waals surface area (Å²) in [6, 6.07) is 15.7. The minimum absolute atomic E-state index is 0.0407. The highest BCUT2D eigenvalue weighted by atomic mass is 16.6. The Bertz CT molecular complexity index is 1160. The van der Waals surface area contributed by atoms with E-state index in [-0.39, 0.29) is 16.8 Å². The number of ether oxygens (including phenoxy) is 1. The van der Waals surface area contributed by atoms with Crippen LogP contribution in [0.4, 0.5) is 5.69 Å². The zero-order valence-electron chi connectivity index (χ0n) is 20.3. The maximum Gasteiger partial charge on any atom is 0.334 e. The number of carboxylic acid groups (broad SMARTS) is 1. The zero-order valence-corrected chi connectivity index (χ0v) is 20.3. The van der Waals surface area contributed by atoms with Crippen LogP contribution in [-0.2, 0) is 21.2 Å². The number of carboxylic acids is 1. The van der Waals surface area contributed by atoms with Crippen molar-refractivity contribution in [3.8, 4) is 0 Å². The highest BCUT2D eigenvalue weighted by molar-refractivity contribution is 5.91. The largest absolute Gasteiger partial charge is 0.478 e. The van der Waals surface area contributed by atoms with Crippen LogP contribution in [0.3, 0.4) is 0 Å². The topological polar surface area (TPSA) is 125 Å². The van der Waals surface area contributed by atoms with Crippen LogP contribution < -0.4 is 5.32 Å². The lowest BCUT2D eigenvalue weighted by Crippen LogP contribution is -2.51. The molecule has 0 aliphatic carbocycles. The van der Waals surface area contributed by atoms with E-state index in [9.17, 15) is 25.1 Å². The standard InChI is InChI=1S/C26H30N3O6/c1-17-21(24(30)31)22(19-11-8-12-20(15-19)29(33)34)23(25(32)35-4)26(2,27-17)13-14-28(3)16-18-9-6-5-7-10-18/h5-12,15,22,27H,13-14,16H2,1-4H3,(H,30,31). The highest BCUT2D eigenvalue weighted by Gasteiger charge is 2.46. The normalized spacial score (nSPS) is 21.5. The van der Waals surface area contributed by atoms with Gasteiger partial charge in [-0.15, -0.1) is 0 Å². The first kappa shape index (κ1) is 25.8. The highest BCUT2D eigenvalue weighted by Crippen LogP contribution is 2.46. The summed E-state index contributed by atoms with van der Waals surface area (Å²) in [5.41, 5.74) is 0.926. The molecule has 0 amide bonds. The van der Waals surface area contributed by atoms with Crippen molar-refractivity contribution in [2.45, 2.75) is 38.3 Å². The Labute approximate surface area is 204 Å². The fourth-order valence-corrected chi connectivity index (χ4v) is 4.70. The third-order valence-electron chi connectivity index (χ3n) is 6.38. The second-order valence-corrected chi connectivity index (χ2v) is 8.96. The number of allylic oxidation sites excluding steroid dienone is 1. The van der Waals surface area contributed by atoms with E-state index in [1.54, 1.807) is 13.0 Å². The van der Waals surface area contributed by atoms with Gasteiger partial charge in [-0.1, -0.05) is 42.5 Å². The molecule has 0 bridgehead atoms. The Morgan fingerprint density at radius 2 is 1.91 bits per heavy atom. The summed E-state index contributed by atoms with van der Waals surface area (Å²) in [6.45, 7) is 4.78. The van der Waals surface area contributed by atoms with Crippen molar-refractivity contribution in [3.05, 3.63) is 98.6 Å². The number of hydrogen-bond donors (Lipinski definition) is 2. The molecule has 9 heteroatoms. The lowest BCUT2D eigenvalue weighted by Gasteiger charge is -2.43. The number of methoxy groups -OCH3 is 1. The number of hydrogen-bond acceptors (Lipinski definition) is 6. The zero-order chi connectivity index (χ0) is 25.8. The number of non-ortho nitro benzene ring substituents is 1. The maximum absolute atomic E-state index is 13.1. The molecule has 2 atom stereocenters. The van der Waals surface area contributed by atoms with E-state index in [0.29, 0.717) is 30.8 Å². The SMILES string of the molecule is COC([O])=C1C(c2cccc([N+](=O)[O-])c2)C(C(=O)O)=C(C)NC1(C)CCN(C)Cc1ccccc1. The van der Waals surface area contributed by atoms with Gasteiger partial charge in [-0.2, -0.15) is 0 Å². The molecule has 1 aliphatic heterocycles. The van der Waals surface area contributed by atoms with Crippen molar-refractivity contribution < 1.29 is 24.7 Å². The van der Waals surface area contributed by atoms with E-state index in [4.69, 9.17) is 4.74 Å². The molecule has 0 spiro atoms. The first-order valence-corrected chi connectivity index (χ1v) is 11.2. The second-order valence-electron chi connectivity index (χ2n) is 8.96. The molecule has 185 valence electrons. The van der Waals surface area contributed by atoms with Crippen LogP contribution in [0, 0.1) is 10.1 Å². The molecular formula is C26H30N3O6. The lowest BCUT2D eigenvalue weighted by molar-refractivity contribution is -0.384. The van der Waals surface area contributed by atoms with Crippen LogP contribution in [0.1, 0.15) is 37.3 Å². The van der Waals surface area contributed by atoms with Gasteiger partial charge in [-0.3, -0.25) is 10.1 Å². The van der Waals surface area contributed by atoms with Gasteiger partial charge < -0.3 is 20.1 Å². The van der Waals surface area contributed by atoms with Crippen LogP contribution in [-0.4, -0.2) is 47.1 Å². The number of nitrogens with one attached hydrogen (secondary N) is 1. The Balaban J connectivity index is 2.04. The summed E-state index contributed by atoms with van der Waals surface area (Å²) < 4.78 is 5.10. The Morgan fingerprint density at radius 3 is 2.51 bits per heavy atom. The predicted octanol–water partition coefficient (Wildman–Crippen LogP) is 4.21. The first-order valence-electron chi connectivity index (χ1n) is 11.2. The number of carbonyl (C=O) groups is 1. The molecule has 9 nitrogen and oxygen atoms in total. The average molecular weight is 481 g/mol. The van der Waals surface area contributed by atoms with E-state index < -0.39 is 28.3 Å². The van der Waals surface area contributed by atoms with Gasteiger partial charge in [0.25, 0.3) is 5.69 Å². The average Bonchev–Trinajstić information content (AvgIpc) is 2.82.